The van der Waals surface area contributed by atoms with Crippen molar-refractivity contribution in [3.63, 3.8) is 0 Å². The number of morpholine rings is 1. The molecule has 1 aliphatic heterocycles. The molecule has 3 heterocycles. The average Bonchev–Trinajstić information content (AvgIpc) is 3.06. The molecule has 0 spiro atoms. The summed E-state index contributed by atoms with van der Waals surface area (Å²) in [5, 5.41) is 4.10. The number of nitrogens with zero attached hydrogens (tertiary/aromatic N) is 3. The molecule has 144 valence electrons. The molecule has 2 aromatic rings. The minimum atomic E-state index is -0.000151. The minimum Gasteiger partial charge on any atom is -0.378 e. The Morgan fingerprint density at radius 3 is 2.93 bits per heavy atom. The summed E-state index contributed by atoms with van der Waals surface area (Å²) in [5.41, 5.74) is 2.46. The lowest BCUT2D eigenvalue weighted by Crippen LogP contribution is -2.36. The second-order valence-corrected chi connectivity index (χ2v) is 8.15. The quantitative estimate of drug-likeness (QED) is 0.797. The predicted octanol–water partition coefficient (Wildman–Crippen LogP) is 3.46. The highest BCUT2D eigenvalue weighted by atomic mass is 32.1. The van der Waals surface area contributed by atoms with Crippen molar-refractivity contribution < 1.29 is 9.53 Å². The summed E-state index contributed by atoms with van der Waals surface area (Å²) in [6, 6.07) is 0. The zero-order chi connectivity index (χ0) is 18.6. The number of amides is 1. The first-order valence-electron chi connectivity index (χ1n) is 9.77. The van der Waals surface area contributed by atoms with E-state index in [-0.39, 0.29) is 5.91 Å². The molecule has 27 heavy (non-hydrogen) atoms. The molecule has 6 nitrogen and oxygen atoms in total. The van der Waals surface area contributed by atoms with Crippen molar-refractivity contribution in [3.05, 3.63) is 28.4 Å². The number of allylic oxidation sites excluding steroid dienone is 1. The average molecular weight is 387 g/mol. The molecule has 2 aliphatic rings. The lowest BCUT2D eigenvalue weighted by molar-refractivity contribution is 0.0957. The van der Waals surface area contributed by atoms with Gasteiger partial charge in [0.2, 0.25) is 0 Å². The van der Waals surface area contributed by atoms with E-state index in [0.717, 1.165) is 46.0 Å². The molecule has 0 bridgehead atoms. The van der Waals surface area contributed by atoms with Gasteiger partial charge in [0.15, 0.2) is 0 Å². The van der Waals surface area contributed by atoms with Crippen LogP contribution in [0, 0.1) is 6.92 Å². The summed E-state index contributed by atoms with van der Waals surface area (Å²) < 4.78 is 5.45. The van der Waals surface area contributed by atoms with Crippen LogP contribution in [0.4, 0.5) is 5.82 Å². The van der Waals surface area contributed by atoms with Crippen LogP contribution in [0.2, 0.25) is 0 Å². The maximum absolute atomic E-state index is 12.8. The lowest BCUT2D eigenvalue weighted by Gasteiger charge is -2.28. The molecular formula is C20H26N4O2S. The number of aromatic nitrogens is 2. The molecule has 1 aliphatic carbocycles. The predicted molar refractivity (Wildman–Crippen MR) is 109 cm³/mol. The van der Waals surface area contributed by atoms with Crippen LogP contribution in [-0.2, 0) is 4.74 Å². The molecule has 0 unspecified atom stereocenters. The Morgan fingerprint density at radius 1 is 1.30 bits per heavy atom. The number of hydrogen-bond donors (Lipinski definition) is 1. The van der Waals surface area contributed by atoms with Gasteiger partial charge in [0, 0.05) is 19.6 Å². The summed E-state index contributed by atoms with van der Waals surface area (Å²) in [6.07, 6.45) is 9.82. The second kappa shape index (κ2) is 8.35. The Balaban J connectivity index is 1.50. The maximum Gasteiger partial charge on any atom is 0.261 e. The number of rotatable bonds is 5. The first-order chi connectivity index (χ1) is 13.2. The number of ether oxygens (including phenoxy) is 1. The first kappa shape index (κ1) is 18.4. The van der Waals surface area contributed by atoms with Crippen molar-refractivity contribution >= 4 is 33.3 Å². The Morgan fingerprint density at radius 2 is 2.15 bits per heavy atom. The Bertz CT molecular complexity index is 855. The third-order valence-electron chi connectivity index (χ3n) is 5.34. The highest BCUT2D eigenvalue weighted by Crippen LogP contribution is 2.35. The van der Waals surface area contributed by atoms with Gasteiger partial charge in [0.25, 0.3) is 5.91 Å². The van der Waals surface area contributed by atoms with E-state index < -0.39 is 0 Å². The Kier molecular flexibility index (Phi) is 5.69. The molecule has 7 heteroatoms. The Labute approximate surface area is 163 Å². The monoisotopic (exact) mass is 386 g/mol. The van der Waals surface area contributed by atoms with Crippen molar-refractivity contribution in [1.82, 2.24) is 15.3 Å². The van der Waals surface area contributed by atoms with E-state index in [1.54, 1.807) is 6.33 Å². The molecule has 1 saturated heterocycles. The van der Waals surface area contributed by atoms with Crippen LogP contribution in [-0.4, -0.2) is 48.7 Å². The van der Waals surface area contributed by atoms with Gasteiger partial charge in [-0.05, 0) is 44.6 Å². The van der Waals surface area contributed by atoms with E-state index in [9.17, 15) is 4.79 Å². The highest BCUT2D eigenvalue weighted by molar-refractivity contribution is 7.20. The van der Waals surface area contributed by atoms with Gasteiger partial charge in [-0.25, -0.2) is 9.97 Å². The van der Waals surface area contributed by atoms with Crippen molar-refractivity contribution in [2.24, 2.45) is 0 Å². The SMILES string of the molecule is Cc1c(C(=O)NCCC2=CCCCC2)sc2ncnc(N3CCOCC3)c12. The molecule has 2 aromatic heterocycles. The molecule has 1 amide bonds. The number of hydrogen-bond acceptors (Lipinski definition) is 6. The van der Waals surface area contributed by atoms with Gasteiger partial charge < -0.3 is 15.0 Å². The topological polar surface area (TPSA) is 67.4 Å². The smallest absolute Gasteiger partial charge is 0.261 e. The van der Waals surface area contributed by atoms with E-state index in [4.69, 9.17) is 4.74 Å². The van der Waals surface area contributed by atoms with Crippen LogP contribution in [0.1, 0.15) is 47.3 Å². The van der Waals surface area contributed by atoms with Gasteiger partial charge in [0.1, 0.15) is 17.0 Å². The van der Waals surface area contributed by atoms with E-state index in [2.05, 4.69) is 26.3 Å². The first-order valence-corrected chi connectivity index (χ1v) is 10.6. The van der Waals surface area contributed by atoms with E-state index in [1.807, 2.05) is 6.92 Å². The summed E-state index contributed by atoms with van der Waals surface area (Å²) in [7, 11) is 0. The standard InChI is InChI=1S/C20H26N4O2S/c1-14-16-18(24-9-11-26-12-10-24)22-13-23-20(16)27-17(14)19(25)21-8-7-15-5-3-2-4-6-15/h5,13H,2-4,6-12H2,1H3,(H,21,25). The number of fused-ring (bicyclic) bond motifs is 1. The second-order valence-electron chi connectivity index (χ2n) is 7.15. The van der Waals surface area contributed by atoms with Gasteiger partial charge in [0.05, 0.1) is 23.5 Å². The molecule has 0 atom stereocenters. The third-order valence-corrected chi connectivity index (χ3v) is 6.54. The normalized spacial score (nSPS) is 17.8. The van der Waals surface area contributed by atoms with Crippen LogP contribution < -0.4 is 10.2 Å². The largest absolute Gasteiger partial charge is 0.378 e. The summed E-state index contributed by atoms with van der Waals surface area (Å²) in [6.45, 7) is 5.75. The molecule has 0 saturated carbocycles. The minimum absolute atomic E-state index is 0.000151. The van der Waals surface area contributed by atoms with Crippen molar-refractivity contribution in [1.29, 1.82) is 0 Å². The summed E-state index contributed by atoms with van der Waals surface area (Å²) in [5.74, 6) is 0.920. The van der Waals surface area contributed by atoms with Crippen LogP contribution >= 0.6 is 11.3 Å². The van der Waals surface area contributed by atoms with Crippen LogP contribution in [0.3, 0.4) is 0 Å². The van der Waals surface area contributed by atoms with Gasteiger partial charge >= 0.3 is 0 Å². The summed E-state index contributed by atoms with van der Waals surface area (Å²) >= 11 is 1.46. The Hall–Kier alpha value is -1.99. The molecule has 1 fully saturated rings. The maximum atomic E-state index is 12.8. The van der Waals surface area contributed by atoms with Gasteiger partial charge in [-0.3, -0.25) is 4.79 Å². The van der Waals surface area contributed by atoms with Crippen LogP contribution in [0.5, 0.6) is 0 Å². The molecule has 4 rings (SSSR count). The number of thiophene rings is 1. The van der Waals surface area contributed by atoms with E-state index >= 15 is 0 Å². The number of carbonyl (C=O) groups excluding carboxylic acids is 1. The third kappa shape index (κ3) is 3.99. The molecule has 0 aromatic carbocycles. The van der Waals surface area contributed by atoms with E-state index in [1.165, 1.54) is 42.6 Å². The van der Waals surface area contributed by atoms with Crippen molar-refractivity contribution in [3.8, 4) is 0 Å². The lowest BCUT2D eigenvalue weighted by atomic mass is 9.97. The number of carbonyl (C=O) groups is 1. The molecule has 1 N–H and O–H groups in total. The van der Waals surface area contributed by atoms with E-state index in [0.29, 0.717) is 19.8 Å². The van der Waals surface area contributed by atoms with Gasteiger partial charge in [-0.15, -0.1) is 11.3 Å². The fraction of sp³-hybridized carbons (Fsp3) is 0.550. The summed E-state index contributed by atoms with van der Waals surface area (Å²) in [4.78, 5) is 25.5. The number of nitrogens with one attached hydrogen (secondary N) is 1. The number of anilines is 1. The van der Waals surface area contributed by atoms with Crippen LogP contribution in [0.15, 0.2) is 18.0 Å². The van der Waals surface area contributed by atoms with Gasteiger partial charge in [-0.2, -0.15) is 0 Å². The zero-order valence-electron chi connectivity index (χ0n) is 15.8. The fourth-order valence-corrected chi connectivity index (χ4v) is 4.89. The van der Waals surface area contributed by atoms with Crippen molar-refractivity contribution in [2.75, 3.05) is 37.7 Å². The molecule has 0 radical (unpaired) electrons. The highest BCUT2D eigenvalue weighted by Gasteiger charge is 2.22. The zero-order valence-corrected chi connectivity index (χ0v) is 16.6. The molecular weight excluding hydrogens is 360 g/mol. The van der Waals surface area contributed by atoms with Gasteiger partial charge in [-0.1, -0.05) is 11.6 Å². The number of aryl methyl sites for hydroxylation is 1. The fourth-order valence-electron chi connectivity index (χ4n) is 3.83. The van der Waals surface area contributed by atoms with Crippen molar-refractivity contribution in [2.45, 2.75) is 39.0 Å². The van der Waals surface area contributed by atoms with Crippen LogP contribution in [0.25, 0.3) is 10.2 Å².